The number of H-pyrrole nitrogens is 1. The van der Waals surface area contributed by atoms with Gasteiger partial charge in [0.15, 0.2) is 5.13 Å². The first-order valence-electron chi connectivity index (χ1n) is 8.25. The fraction of sp³-hybridized carbons (Fsp3) is 0.222. The Balaban J connectivity index is 1.44. The van der Waals surface area contributed by atoms with Crippen molar-refractivity contribution in [1.82, 2.24) is 15.2 Å². The largest absolute Gasteiger partial charge is 0.465 e. The quantitative estimate of drug-likeness (QED) is 0.457. The van der Waals surface area contributed by atoms with Gasteiger partial charge in [-0.3, -0.25) is 20.0 Å². The molecule has 2 N–H and O–H groups in total. The highest BCUT2D eigenvalue weighted by Crippen LogP contribution is 2.18. The minimum Gasteiger partial charge on any atom is -0.465 e. The van der Waals surface area contributed by atoms with E-state index in [0.717, 1.165) is 23.3 Å². The summed E-state index contributed by atoms with van der Waals surface area (Å²) in [4.78, 5) is 28.1. The zero-order valence-corrected chi connectivity index (χ0v) is 15.1. The molecule has 2 aromatic heterocycles. The number of carbonyl (C=O) groups excluding carboxylic acids is 2. The number of esters is 1. The van der Waals surface area contributed by atoms with Crippen molar-refractivity contribution in [1.29, 1.82) is 0 Å². The zero-order chi connectivity index (χ0) is 19.1. The number of benzene rings is 1. The van der Waals surface area contributed by atoms with E-state index in [4.69, 9.17) is 4.74 Å². The van der Waals surface area contributed by atoms with Crippen molar-refractivity contribution in [3.63, 3.8) is 0 Å². The number of nitrogens with zero attached hydrogens (tertiary/aromatic N) is 2. The number of aryl methyl sites for hydroxylation is 1. The molecule has 7 nitrogen and oxygen atoms in total. The standard InChI is InChI=1S/C18H17FN4O3S/c19-15-6-2-1-5-14(15)17(25)23-18-22-13(11-27-18)8-16(24)26-7-3-4-12-9-20-21-10-12/h1-2,5-6,9-11H,3-4,7-8H2,(H,20,21)(H,22,23,25). The predicted molar refractivity (Wildman–Crippen MR) is 98.0 cm³/mol. The van der Waals surface area contributed by atoms with Crippen LogP contribution in [0.15, 0.2) is 42.0 Å². The SMILES string of the molecule is O=C(Cc1csc(NC(=O)c2ccccc2F)n1)OCCCc1cn[nH]c1. The summed E-state index contributed by atoms with van der Waals surface area (Å²) >= 11 is 1.16. The number of aromatic amines is 1. The smallest absolute Gasteiger partial charge is 0.311 e. The minimum atomic E-state index is -0.606. The van der Waals surface area contributed by atoms with Crippen molar-refractivity contribution >= 4 is 28.3 Å². The second kappa shape index (κ2) is 9.04. The number of ether oxygens (including phenoxy) is 1. The van der Waals surface area contributed by atoms with Gasteiger partial charge in [-0.05, 0) is 30.5 Å². The summed E-state index contributed by atoms with van der Waals surface area (Å²) in [5.74, 6) is -1.58. The number of nitrogens with one attached hydrogen (secondary N) is 2. The van der Waals surface area contributed by atoms with E-state index in [1.54, 1.807) is 23.8 Å². The predicted octanol–water partition coefficient (Wildman–Crippen LogP) is 2.98. The molecule has 0 fully saturated rings. The van der Waals surface area contributed by atoms with E-state index in [9.17, 15) is 14.0 Å². The zero-order valence-electron chi connectivity index (χ0n) is 14.3. The van der Waals surface area contributed by atoms with E-state index >= 15 is 0 Å². The van der Waals surface area contributed by atoms with Crippen LogP contribution in [0.3, 0.4) is 0 Å². The molecule has 0 saturated carbocycles. The highest BCUT2D eigenvalue weighted by Gasteiger charge is 2.14. The van der Waals surface area contributed by atoms with Crippen LogP contribution in [0.4, 0.5) is 9.52 Å². The number of anilines is 1. The summed E-state index contributed by atoms with van der Waals surface area (Å²) in [6.07, 6.45) is 5.01. The molecule has 0 unspecified atom stereocenters. The highest BCUT2D eigenvalue weighted by atomic mass is 32.1. The lowest BCUT2D eigenvalue weighted by Gasteiger charge is -2.03. The molecule has 0 aliphatic heterocycles. The lowest BCUT2D eigenvalue weighted by molar-refractivity contribution is -0.142. The fourth-order valence-corrected chi connectivity index (χ4v) is 3.04. The van der Waals surface area contributed by atoms with Gasteiger partial charge in [0.05, 0.1) is 30.5 Å². The number of hydrogen-bond acceptors (Lipinski definition) is 6. The monoisotopic (exact) mass is 388 g/mol. The van der Waals surface area contributed by atoms with Crippen molar-refractivity contribution < 1.29 is 18.7 Å². The molecular weight excluding hydrogens is 371 g/mol. The van der Waals surface area contributed by atoms with Crippen LogP contribution in [-0.2, 0) is 22.4 Å². The average Bonchev–Trinajstić information content (AvgIpc) is 3.31. The molecule has 0 aliphatic rings. The van der Waals surface area contributed by atoms with Crippen molar-refractivity contribution in [3.05, 3.63) is 64.7 Å². The van der Waals surface area contributed by atoms with Crippen LogP contribution in [0.5, 0.6) is 0 Å². The van der Waals surface area contributed by atoms with Gasteiger partial charge in [0.25, 0.3) is 5.91 Å². The summed E-state index contributed by atoms with van der Waals surface area (Å²) in [5.41, 5.74) is 1.48. The molecular formula is C18H17FN4O3S. The minimum absolute atomic E-state index is 0.0117. The molecule has 0 saturated heterocycles. The number of amides is 1. The fourth-order valence-electron chi connectivity index (χ4n) is 2.33. The Hall–Kier alpha value is -3.07. The second-order valence-corrected chi connectivity index (χ2v) is 6.54. The van der Waals surface area contributed by atoms with Gasteiger partial charge in [0.2, 0.25) is 0 Å². The topological polar surface area (TPSA) is 97.0 Å². The van der Waals surface area contributed by atoms with E-state index in [2.05, 4.69) is 20.5 Å². The average molecular weight is 388 g/mol. The molecule has 0 bridgehead atoms. The Labute approximate surface area is 158 Å². The first-order valence-corrected chi connectivity index (χ1v) is 9.13. The van der Waals surface area contributed by atoms with Crippen molar-refractivity contribution in [2.24, 2.45) is 0 Å². The molecule has 3 aromatic rings. The third-order valence-corrected chi connectivity index (χ3v) is 4.45. The van der Waals surface area contributed by atoms with E-state index < -0.39 is 11.7 Å². The number of aromatic nitrogens is 3. The lowest BCUT2D eigenvalue weighted by atomic mass is 10.2. The van der Waals surface area contributed by atoms with Gasteiger partial charge in [-0.2, -0.15) is 5.10 Å². The molecule has 3 rings (SSSR count). The first-order chi connectivity index (χ1) is 13.1. The molecule has 0 aliphatic carbocycles. The van der Waals surface area contributed by atoms with Gasteiger partial charge in [-0.15, -0.1) is 11.3 Å². The molecule has 0 spiro atoms. The maximum Gasteiger partial charge on any atom is 0.311 e. The molecule has 1 amide bonds. The summed E-state index contributed by atoms with van der Waals surface area (Å²) in [7, 11) is 0. The lowest BCUT2D eigenvalue weighted by Crippen LogP contribution is -2.14. The van der Waals surface area contributed by atoms with Crippen LogP contribution < -0.4 is 5.32 Å². The summed E-state index contributed by atoms with van der Waals surface area (Å²) < 4.78 is 18.8. The second-order valence-electron chi connectivity index (χ2n) is 5.69. The first kappa shape index (κ1) is 18.7. The van der Waals surface area contributed by atoms with Crippen molar-refractivity contribution in [2.75, 3.05) is 11.9 Å². The highest BCUT2D eigenvalue weighted by molar-refractivity contribution is 7.14. The number of rotatable bonds is 8. The van der Waals surface area contributed by atoms with Crippen LogP contribution >= 0.6 is 11.3 Å². The maximum absolute atomic E-state index is 13.6. The van der Waals surface area contributed by atoms with Crippen LogP contribution in [0.2, 0.25) is 0 Å². The van der Waals surface area contributed by atoms with Gasteiger partial charge >= 0.3 is 5.97 Å². The van der Waals surface area contributed by atoms with Crippen molar-refractivity contribution in [3.8, 4) is 0 Å². The Morgan fingerprint density at radius 2 is 2.15 bits per heavy atom. The molecule has 0 atom stereocenters. The van der Waals surface area contributed by atoms with Gasteiger partial charge < -0.3 is 4.74 Å². The van der Waals surface area contributed by atoms with Crippen LogP contribution in [-0.4, -0.2) is 33.7 Å². The van der Waals surface area contributed by atoms with Crippen LogP contribution in [0, 0.1) is 5.82 Å². The summed E-state index contributed by atoms with van der Waals surface area (Å²) in [6, 6.07) is 5.69. The Bertz CT molecular complexity index is 911. The van der Waals surface area contributed by atoms with E-state index in [1.165, 1.54) is 18.2 Å². The Morgan fingerprint density at radius 3 is 2.93 bits per heavy atom. The van der Waals surface area contributed by atoms with E-state index in [0.29, 0.717) is 23.9 Å². The molecule has 0 radical (unpaired) electrons. The maximum atomic E-state index is 13.6. The number of thiazole rings is 1. The number of hydrogen-bond donors (Lipinski definition) is 2. The third kappa shape index (κ3) is 5.45. The summed E-state index contributed by atoms with van der Waals surface area (Å²) in [5, 5.41) is 11.1. The normalized spacial score (nSPS) is 10.6. The summed E-state index contributed by atoms with van der Waals surface area (Å²) in [6.45, 7) is 0.311. The van der Waals surface area contributed by atoms with Crippen LogP contribution in [0.25, 0.3) is 0 Å². The molecule has 2 heterocycles. The Kier molecular flexibility index (Phi) is 6.26. The third-order valence-electron chi connectivity index (χ3n) is 3.64. The molecule has 9 heteroatoms. The number of halogens is 1. The van der Waals surface area contributed by atoms with Gasteiger partial charge in [-0.1, -0.05) is 12.1 Å². The van der Waals surface area contributed by atoms with Gasteiger partial charge in [0.1, 0.15) is 5.82 Å². The molecule has 140 valence electrons. The Morgan fingerprint density at radius 1 is 1.30 bits per heavy atom. The molecule has 1 aromatic carbocycles. The van der Waals surface area contributed by atoms with Gasteiger partial charge in [0, 0.05) is 11.6 Å². The van der Waals surface area contributed by atoms with Gasteiger partial charge in [-0.25, -0.2) is 9.37 Å². The molecule has 27 heavy (non-hydrogen) atoms. The van der Waals surface area contributed by atoms with Crippen LogP contribution in [0.1, 0.15) is 28.0 Å². The van der Waals surface area contributed by atoms with E-state index in [-0.39, 0.29) is 18.0 Å². The number of carbonyl (C=O) groups is 2. The van der Waals surface area contributed by atoms with Crippen molar-refractivity contribution in [2.45, 2.75) is 19.3 Å². The van der Waals surface area contributed by atoms with E-state index in [1.807, 2.05) is 0 Å².